The van der Waals surface area contributed by atoms with E-state index in [1.54, 1.807) is 12.3 Å². The van der Waals surface area contributed by atoms with Crippen LogP contribution in [0.3, 0.4) is 0 Å². The standard InChI is InChI=1S/C20H19FN6/c1-12-15-8-14(3-4-18(15)26-27(12)2)16-9-20(24-11-17(16)21)25-19-7-13(10-22)5-6-23-19/h3-9,11H,10,22H2,1-2H3,(H,23,24,25). The summed E-state index contributed by atoms with van der Waals surface area (Å²) in [7, 11) is 1.90. The van der Waals surface area contributed by atoms with Crippen LogP contribution in [0.2, 0.25) is 0 Å². The number of halogens is 1. The van der Waals surface area contributed by atoms with Crippen molar-refractivity contribution in [3.05, 3.63) is 65.9 Å². The van der Waals surface area contributed by atoms with Crippen LogP contribution in [0.25, 0.3) is 22.0 Å². The number of nitrogens with two attached hydrogens (primary N) is 1. The third kappa shape index (κ3) is 3.24. The molecule has 4 rings (SSSR count). The molecule has 0 spiro atoms. The van der Waals surface area contributed by atoms with Gasteiger partial charge >= 0.3 is 0 Å². The molecule has 0 aliphatic rings. The summed E-state index contributed by atoms with van der Waals surface area (Å²) in [5, 5.41) is 8.55. The van der Waals surface area contributed by atoms with Crippen molar-refractivity contribution in [1.82, 2.24) is 19.7 Å². The fourth-order valence-electron chi connectivity index (χ4n) is 3.02. The minimum Gasteiger partial charge on any atom is -0.326 e. The van der Waals surface area contributed by atoms with Gasteiger partial charge < -0.3 is 11.1 Å². The topological polar surface area (TPSA) is 81.7 Å². The Labute approximate surface area is 155 Å². The van der Waals surface area contributed by atoms with Crippen LogP contribution in [-0.4, -0.2) is 19.7 Å². The number of hydrogen-bond acceptors (Lipinski definition) is 5. The molecule has 0 bridgehead atoms. The van der Waals surface area contributed by atoms with Crippen LogP contribution >= 0.6 is 0 Å². The number of anilines is 2. The number of aromatic nitrogens is 4. The van der Waals surface area contributed by atoms with Crippen molar-refractivity contribution in [2.75, 3.05) is 5.32 Å². The molecule has 0 amide bonds. The molecular weight excluding hydrogens is 343 g/mol. The van der Waals surface area contributed by atoms with E-state index in [9.17, 15) is 4.39 Å². The number of nitrogens with one attached hydrogen (secondary N) is 1. The van der Waals surface area contributed by atoms with Gasteiger partial charge in [-0.2, -0.15) is 5.10 Å². The molecule has 3 heterocycles. The van der Waals surface area contributed by atoms with Crippen molar-refractivity contribution in [3.8, 4) is 11.1 Å². The monoisotopic (exact) mass is 362 g/mol. The number of benzene rings is 1. The van der Waals surface area contributed by atoms with Crippen molar-refractivity contribution < 1.29 is 4.39 Å². The number of rotatable bonds is 4. The molecule has 27 heavy (non-hydrogen) atoms. The quantitative estimate of drug-likeness (QED) is 0.579. The van der Waals surface area contributed by atoms with Gasteiger partial charge in [-0.05, 0) is 48.4 Å². The van der Waals surface area contributed by atoms with E-state index in [4.69, 9.17) is 5.73 Å². The Kier molecular flexibility index (Phi) is 4.29. The Balaban J connectivity index is 1.73. The van der Waals surface area contributed by atoms with Gasteiger partial charge in [-0.15, -0.1) is 0 Å². The van der Waals surface area contributed by atoms with Gasteiger partial charge in [0.25, 0.3) is 0 Å². The van der Waals surface area contributed by atoms with E-state index in [2.05, 4.69) is 20.4 Å². The average Bonchev–Trinajstić information content (AvgIpc) is 2.97. The smallest absolute Gasteiger partial charge is 0.149 e. The van der Waals surface area contributed by atoms with E-state index in [1.165, 1.54) is 6.20 Å². The lowest BCUT2D eigenvalue weighted by atomic mass is 10.0. The van der Waals surface area contributed by atoms with Crippen LogP contribution in [0.15, 0.2) is 48.8 Å². The zero-order valence-electron chi connectivity index (χ0n) is 15.1. The minimum atomic E-state index is -0.384. The highest BCUT2D eigenvalue weighted by Crippen LogP contribution is 2.29. The lowest BCUT2D eigenvalue weighted by Crippen LogP contribution is -2.01. The predicted octanol–water partition coefficient (Wildman–Crippen LogP) is 3.68. The van der Waals surface area contributed by atoms with Gasteiger partial charge in [0.2, 0.25) is 0 Å². The van der Waals surface area contributed by atoms with Crippen LogP contribution in [0, 0.1) is 12.7 Å². The van der Waals surface area contributed by atoms with Crippen molar-refractivity contribution >= 4 is 22.5 Å². The van der Waals surface area contributed by atoms with Gasteiger partial charge in [-0.1, -0.05) is 6.07 Å². The summed E-state index contributed by atoms with van der Waals surface area (Å²) < 4.78 is 16.3. The molecule has 0 aliphatic carbocycles. The lowest BCUT2D eigenvalue weighted by molar-refractivity contribution is 0.625. The molecule has 0 aliphatic heterocycles. The largest absolute Gasteiger partial charge is 0.326 e. The molecule has 3 aromatic heterocycles. The first-order valence-corrected chi connectivity index (χ1v) is 8.56. The highest BCUT2D eigenvalue weighted by Gasteiger charge is 2.12. The van der Waals surface area contributed by atoms with Gasteiger partial charge in [0, 0.05) is 36.4 Å². The molecule has 0 atom stereocenters. The van der Waals surface area contributed by atoms with Gasteiger partial charge in [-0.25, -0.2) is 14.4 Å². The van der Waals surface area contributed by atoms with Gasteiger partial charge in [-0.3, -0.25) is 4.68 Å². The Hall–Kier alpha value is -3.32. The molecular formula is C20H19FN6. The summed E-state index contributed by atoms with van der Waals surface area (Å²) in [4.78, 5) is 8.38. The maximum atomic E-state index is 14.5. The molecule has 7 heteroatoms. The van der Waals surface area contributed by atoms with E-state index in [0.717, 1.165) is 27.7 Å². The fraction of sp³-hybridized carbons (Fsp3) is 0.150. The first-order valence-electron chi connectivity index (χ1n) is 8.56. The summed E-state index contributed by atoms with van der Waals surface area (Å²) in [5.74, 6) is 0.739. The third-order valence-corrected chi connectivity index (χ3v) is 4.61. The molecule has 0 fully saturated rings. The summed E-state index contributed by atoms with van der Waals surface area (Å²) in [5.41, 5.74) is 9.76. The SMILES string of the molecule is Cc1c2cc(-c3cc(Nc4cc(CN)ccn4)ncc3F)ccc2nn1C. The van der Waals surface area contributed by atoms with Gasteiger partial charge in [0.1, 0.15) is 17.5 Å². The Morgan fingerprint density at radius 2 is 1.93 bits per heavy atom. The zero-order valence-corrected chi connectivity index (χ0v) is 15.1. The van der Waals surface area contributed by atoms with Crippen LogP contribution in [0.1, 0.15) is 11.3 Å². The van der Waals surface area contributed by atoms with Gasteiger partial charge in [0.15, 0.2) is 0 Å². The van der Waals surface area contributed by atoms with E-state index in [0.29, 0.717) is 23.7 Å². The number of aryl methyl sites for hydroxylation is 2. The lowest BCUT2D eigenvalue weighted by Gasteiger charge is -2.09. The Bertz CT molecular complexity index is 1130. The van der Waals surface area contributed by atoms with Crippen LogP contribution in [-0.2, 0) is 13.6 Å². The molecule has 136 valence electrons. The summed E-state index contributed by atoms with van der Waals surface area (Å²) in [6.45, 7) is 2.41. The summed E-state index contributed by atoms with van der Waals surface area (Å²) in [6, 6.07) is 11.1. The van der Waals surface area contributed by atoms with Gasteiger partial charge in [0.05, 0.1) is 11.7 Å². The second-order valence-corrected chi connectivity index (χ2v) is 6.37. The Morgan fingerprint density at radius 1 is 1.11 bits per heavy atom. The second kappa shape index (κ2) is 6.77. The molecule has 0 radical (unpaired) electrons. The highest BCUT2D eigenvalue weighted by molar-refractivity contribution is 5.87. The van der Waals surface area contributed by atoms with E-state index >= 15 is 0 Å². The first-order chi connectivity index (χ1) is 13.0. The normalized spacial score (nSPS) is 11.1. The zero-order chi connectivity index (χ0) is 19.0. The molecule has 0 saturated heterocycles. The van der Waals surface area contributed by atoms with E-state index < -0.39 is 0 Å². The average molecular weight is 362 g/mol. The maximum Gasteiger partial charge on any atom is 0.149 e. The van der Waals surface area contributed by atoms with E-state index in [1.807, 2.05) is 49.0 Å². The van der Waals surface area contributed by atoms with Crippen molar-refractivity contribution in [2.45, 2.75) is 13.5 Å². The minimum absolute atomic E-state index is 0.384. The Morgan fingerprint density at radius 3 is 2.74 bits per heavy atom. The number of fused-ring (bicyclic) bond motifs is 1. The molecule has 6 nitrogen and oxygen atoms in total. The maximum absolute atomic E-state index is 14.5. The third-order valence-electron chi connectivity index (χ3n) is 4.61. The number of nitrogens with zero attached hydrogens (tertiary/aromatic N) is 4. The molecule has 1 aromatic carbocycles. The summed E-state index contributed by atoms with van der Waals surface area (Å²) in [6.07, 6.45) is 2.89. The summed E-state index contributed by atoms with van der Waals surface area (Å²) >= 11 is 0. The van der Waals surface area contributed by atoms with Crippen molar-refractivity contribution in [1.29, 1.82) is 0 Å². The fourth-order valence-corrected chi connectivity index (χ4v) is 3.02. The van der Waals surface area contributed by atoms with Crippen LogP contribution in [0.5, 0.6) is 0 Å². The van der Waals surface area contributed by atoms with E-state index in [-0.39, 0.29) is 5.82 Å². The molecule has 3 N–H and O–H groups in total. The van der Waals surface area contributed by atoms with Crippen LogP contribution < -0.4 is 11.1 Å². The number of hydrogen-bond donors (Lipinski definition) is 2. The van der Waals surface area contributed by atoms with Crippen molar-refractivity contribution in [2.24, 2.45) is 12.8 Å². The van der Waals surface area contributed by atoms with Crippen molar-refractivity contribution in [3.63, 3.8) is 0 Å². The highest BCUT2D eigenvalue weighted by atomic mass is 19.1. The molecule has 0 saturated carbocycles. The second-order valence-electron chi connectivity index (χ2n) is 6.37. The molecule has 4 aromatic rings. The number of pyridine rings is 2. The van der Waals surface area contributed by atoms with Crippen LogP contribution in [0.4, 0.5) is 16.0 Å². The predicted molar refractivity (Wildman–Crippen MR) is 104 cm³/mol. The first kappa shape index (κ1) is 17.1. The molecule has 0 unspecified atom stereocenters.